The fourth-order valence-corrected chi connectivity index (χ4v) is 4.16. The summed E-state index contributed by atoms with van der Waals surface area (Å²) in [5, 5.41) is 10.5. The van der Waals surface area contributed by atoms with Crippen molar-refractivity contribution < 1.29 is 9.90 Å². The van der Waals surface area contributed by atoms with Crippen LogP contribution >= 0.6 is 11.6 Å². The van der Waals surface area contributed by atoms with Crippen molar-refractivity contribution in [1.29, 1.82) is 0 Å². The number of hydrogen-bond acceptors (Lipinski definition) is 2. The van der Waals surface area contributed by atoms with Crippen LogP contribution in [0.2, 0.25) is 5.02 Å². The summed E-state index contributed by atoms with van der Waals surface area (Å²) in [5.74, 6) is -0.486. The van der Waals surface area contributed by atoms with Gasteiger partial charge in [0.15, 0.2) is 0 Å². The molecule has 0 amide bonds. The van der Waals surface area contributed by atoms with Gasteiger partial charge < -0.3 is 5.11 Å². The molecule has 2 unspecified atom stereocenters. The summed E-state index contributed by atoms with van der Waals surface area (Å²) < 4.78 is 0. The summed E-state index contributed by atoms with van der Waals surface area (Å²) in [4.78, 5) is 14.1. The highest BCUT2D eigenvalue weighted by molar-refractivity contribution is 6.30. The number of carboxylic acids is 1. The normalized spacial score (nSPS) is 29.0. The number of carbonyl (C=O) groups is 1. The second-order valence-corrected chi connectivity index (χ2v) is 7.17. The molecule has 1 heterocycles. The molecule has 1 aromatic carbocycles. The molecule has 21 heavy (non-hydrogen) atoms. The lowest BCUT2D eigenvalue weighted by molar-refractivity contribution is -0.151. The number of carboxylic acid groups (broad SMARTS) is 1. The zero-order chi connectivity index (χ0) is 15.2. The Morgan fingerprint density at radius 3 is 2.86 bits per heavy atom. The largest absolute Gasteiger partial charge is 0.481 e. The zero-order valence-corrected chi connectivity index (χ0v) is 13.4. The first-order valence-corrected chi connectivity index (χ1v) is 8.07. The minimum atomic E-state index is -0.644. The van der Waals surface area contributed by atoms with Gasteiger partial charge in [-0.2, -0.15) is 0 Å². The predicted octanol–water partition coefficient (Wildman–Crippen LogP) is 3.76. The summed E-state index contributed by atoms with van der Waals surface area (Å²) in [5.41, 5.74) is 2.07. The molecule has 1 N–H and O–H groups in total. The van der Waals surface area contributed by atoms with Crippen molar-refractivity contribution in [3.63, 3.8) is 0 Å². The minimum absolute atomic E-state index is 0.158. The predicted molar refractivity (Wildman–Crippen MR) is 83.6 cm³/mol. The van der Waals surface area contributed by atoms with Crippen molar-refractivity contribution in [3.05, 3.63) is 34.3 Å². The summed E-state index contributed by atoms with van der Waals surface area (Å²) >= 11 is 6.07. The van der Waals surface area contributed by atoms with Crippen molar-refractivity contribution in [2.75, 3.05) is 13.1 Å². The summed E-state index contributed by atoms with van der Waals surface area (Å²) in [7, 11) is 0. The van der Waals surface area contributed by atoms with Crippen LogP contribution in [0.4, 0.5) is 0 Å². The topological polar surface area (TPSA) is 40.5 Å². The number of halogens is 1. The lowest BCUT2D eigenvalue weighted by Crippen LogP contribution is -2.39. The number of aliphatic carboxylic acids is 1. The number of likely N-dealkylation sites (tertiary alicyclic amines) is 1. The molecular weight excluding hydrogens is 286 g/mol. The summed E-state index contributed by atoms with van der Waals surface area (Å²) in [6, 6.07) is 6.48. The molecule has 1 aliphatic heterocycles. The van der Waals surface area contributed by atoms with E-state index in [1.165, 1.54) is 11.1 Å². The van der Waals surface area contributed by atoms with Crippen LogP contribution in [0.5, 0.6) is 0 Å². The fourth-order valence-electron chi connectivity index (χ4n) is 3.97. The van der Waals surface area contributed by atoms with E-state index in [0.717, 1.165) is 30.8 Å². The van der Waals surface area contributed by atoms with Crippen LogP contribution in [-0.2, 0) is 11.2 Å². The molecule has 114 valence electrons. The molecule has 4 heteroatoms. The van der Waals surface area contributed by atoms with E-state index in [4.69, 9.17) is 11.6 Å². The third kappa shape index (κ3) is 2.36. The SMILES string of the molecule is CC(C)C1(C(=O)O)CCN(C2CCc3cc(Cl)ccc32)C1. The number of nitrogens with zero attached hydrogens (tertiary/aromatic N) is 1. The monoisotopic (exact) mass is 307 g/mol. The molecule has 1 saturated heterocycles. The number of rotatable bonds is 3. The van der Waals surface area contributed by atoms with Gasteiger partial charge in [-0.3, -0.25) is 9.69 Å². The van der Waals surface area contributed by atoms with E-state index < -0.39 is 11.4 Å². The van der Waals surface area contributed by atoms with Crippen LogP contribution < -0.4 is 0 Å². The highest BCUT2D eigenvalue weighted by Crippen LogP contribution is 2.45. The maximum absolute atomic E-state index is 11.8. The Kier molecular flexibility index (Phi) is 3.74. The van der Waals surface area contributed by atoms with Gasteiger partial charge in [-0.05, 0) is 55.0 Å². The van der Waals surface area contributed by atoms with Crippen LogP contribution in [0.3, 0.4) is 0 Å². The van der Waals surface area contributed by atoms with E-state index in [9.17, 15) is 9.90 Å². The Bertz CT molecular complexity index is 572. The fraction of sp³-hybridized carbons (Fsp3) is 0.588. The van der Waals surface area contributed by atoms with Crippen molar-refractivity contribution >= 4 is 17.6 Å². The van der Waals surface area contributed by atoms with E-state index >= 15 is 0 Å². The van der Waals surface area contributed by atoms with Gasteiger partial charge in [0.2, 0.25) is 0 Å². The number of hydrogen-bond donors (Lipinski definition) is 1. The van der Waals surface area contributed by atoms with Gasteiger partial charge in [-0.1, -0.05) is 31.5 Å². The van der Waals surface area contributed by atoms with Crippen molar-refractivity contribution in [2.24, 2.45) is 11.3 Å². The standard InChI is InChI=1S/C17H22ClNO2/c1-11(2)17(16(20)21)7-8-19(10-17)15-6-3-12-9-13(18)4-5-14(12)15/h4-5,9,11,15H,3,6-8,10H2,1-2H3,(H,20,21). The molecule has 0 bridgehead atoms. The van der Waals surface area contributed by atoms with E-state index in [1.807, 2.05) is 19.9 Å². The molecule has 1 aromatic rings. The van der Waals surface area contributed by atoms with Gasteiger partial charge in [0.05, 0.1) is 5.41 Å². The Labute approximate surface area is 130 Å². The molecule has 1 aliphatic carbocycles. The maximum Gasteiger partial charge on any atom is 0.311 e. The summed E-state index contributed by atoms with van der Waals surface area (Å²) in [6.07, 6.45) is 2.86. The molecule has 0 spiro atoms. The molecule has 3 rings (SSSR count). The van der Waals surface area contributed by atoms with Crippen molar-refractivity contribution in [3.8, 4) is 0 Å². The van der Waals surface area contributed by atoms with Gasteiger partial charge in [-0.15, -0.1) is 0 Å². The zero-order valence-electron chi connectivity index (χ0n) is 12.6. The van der Waals surface area contributed by atoms with Gasteiger partial charge in [0.1, 0.15) is 0 Å². The molecular formula is C17H22ClNO2. The lowest BCUT2D eigenvalue weighted by atomic mass is 9.76. The Hall–Kier alpha value is -1.06. The average molecular weight is 308 g/mol. The van der Waals surface area contributed by atoms with Crippen LogP contribution in [-0.4, -0.2) is 29.1 Å². The third-order valence-electron chi connectivity index (χ3n) is 5.45. The first-order valence-electron chi connectivity index (χ1n) is 7.70. The van der Waals surface area contributed by atoms with Crippen LogP contribution in [0.15, 0.2) is 18.2 Å². The lowest BCUT2D eigenvalue weighted by Gasteiger charge is -2.31. The van der Waals surface area contributed by atoms with Crippen molar-refractivity contribution in [1.82, 2.24) is 4.90 Å². The molecule has 2 aliphatic rings. The molecule has 0 radical (unpaired) electrons. The quantitative estimate of drug-likeness (QED) is 0.924. The molecule has 0 aromatic heterocycles. The Balaban J connectivity index is 1.84. The molecule has 3 nitrogen and oxygen atoms in total. The van der Waals surface area contributed by atoms with Crippen LogP contribution in [0, 0.1) is 11.3 Å². The number of benzene rings is 1. The smallest absolute Gasteiger partial charge is 0.311 e. The van der Waals surface area contributed by atoms with Gasteiger partial charge in [0.25, 0.3) is 0 Å². The van der Waals surface area contributed by atoms with Gasteiger partial charge in [0, 0.05) is 17.6 Å². The van der Waals surface area contributed by atoms with Crippen LogP contribution in [0.1, 0.15) is 43.9 Å². The first kappa shape index (κ1) is 14.9. The van der Waals surface area contributed by atoms with E-state index in [2.05, 4.69) is 17.0 Å². The average Bonchev–Trinajstić information content (AvgIpc) is 3.01. The first-order chi connectivity index (χ1) is 9.94. The highest BCUT2D eigenvalue weighted by Gasteiger charge is 2.49. The van der Waals surface area contributed by atoms with Gasteiger partial charge in [-0.25, -0.2) is 0 Å². The van der Waals surface area contributed by atoms with Crippen LogP contribution in [0.25, 0.3) is 0 Å². The minimum Gasteiger partial charge on any atom is -0.481 e. The second-order valence-electron chi connectivity index (χ2n) is 6.73. The third-order valence-corrected chi connectivity index (χ3v) is 5.69. The van der Waals surface area contributed by atoms with E-state index in [1.54, 1.807) is 0 Å². The van der Waals surface area contributed by atoms with E-state index in [-0.39, 0.29) is 5.92 Å². The molecule has 2 atom stereocenters. The Morgan fingerprint density at radius 2 is 2.24 bits per heavy atom. The molecule has 1 fully saturated rings. The Morgan fingerprint density at radius 1 is 1.48 bits per heavy atom. The number of fused-ring (bicyclic) bond motifs is 1. The van der Waals surface area contributed by atoms with Crippen molar-refractivity contribution in [2.45, 2.75) is 39.2 Å². The van der Waals surface area contributed by atoms with E-state index in [0.29, 0.717) is 12.6 Å². The summed E-state index contributed by atoms with van der Waals surface area (Å²) in [6.45, 7) is 5.59. The highest BCUT2D eigenvalue weighted by atomic mass is 35.5. The second kappa shape index (κ2) is 5.29. The van der Waals surface area contributed by atoms with Gasteiger partial charge >= 0.3 is 5.97 Å². The maximum atomic E-state index is 11.8. The number of aryl methyl sites for hydroxylation is 1. The molecule has 0 saturated carbocycles.